The number of nitrogens with zero attached hydrogens (tertiary/aromatic N) is 1. The van der Waals surface area contributed by atoms with E-state index in [4.69, 9.17) is 11.6 Å². The number of unbranched alkanes of at least 4 members (excludes halogenated alkanes) is 3. The van der Waals surface area contributed by atoms with E-state index in [0.717, 1.165) is 32.2 Å². The van der Waals surface area contributed by atoms with Crippen molar-refractivity contribution in [1.29, 1.82) is 0 Å². The van der Waals surface area contributed by atoms with Crippen molar-refractivity contribution in [3.63, 3.8) is 0 Å². The Morgan fingerprint density at radius 3 is 2.86 bits per heavy atom. The van der Waals surface area contributed by atoms with Gasteiger partial charge in [-0.25, -0.2) is 0 Å². The van der Waals surface area contributed by atoms with Crippen LogP contribution in [0.1, 0.15) is 84.0 Å². The van der Waals surface area contributed by atoms with Gasteiger partial charge in [0.25, 0.3) is 0 Å². The van der Waals surface area contributed by atoms with Crippen LogP contribution in [0.25, 0.3) is 0 Å². The summed E-state index contributed by atoms with van der Waals surface area (Å²) in [5, 5.41) is 0.291. The van der Waals surface area contributed by atoms with Crippen LogP contribution < -0.4 is 0 Å². The SMILES string of the molecule is CCCCCC[C@@H]1CC(=O)[C@@H]2CCCC[C@]23CC[C@@H](Cl)CN13. The van der Waals surface area contributed by atoms with Gasteiger partial charge in [-0.1, -0.05) is 45.4 Å². The van der Waals surface area contributed by atoms with Crippen LogP contribution in [0.2, 0.25) is 0 Å². The smallest absolute Gasteiger partial charge is 0.139 e. The number of piperidine rings is 2. The van der Waals surface area contributed by atoms with Gasteiger partial charge in [0.05, 0.1) is 0 Å². The number of carbonyl (C=O) groups is 1. The molecule has 3 aliphatic rings. The summed E-state index contributed by atoms with van der Waals surface area (Å²) in [5.41, 5.74) is 0.189. The number of Topliss-reactive ketones (excluding diaryl/α,β-unsaturated/α-hetero) is 1. The number of halogens is 1. The Kier molecular flexibility index (Phi) is 5.50. The molecule has 0 radical (unpaired) electrons. The molecule has 4 atom stereocenters. The van der Waals surface area contributed by atoms with Gasteiger partial charge in [-0.3, -0.25) is 9.69 Å². The molecule has 1 saturated carbocycles. The molecule has 0 aromatic heterocycles. The quantitative estimate of drug-likeness (QED) is 0.527. The number of hydrogen-bond donors (Lipinski definition) is 0. The molecule has 2 heterocycles. The fourth-order valence-electron chi connectivity index (χ4n) is 5.42. The van der Waals surface area contributed by atoms with Crippen molar-refractivity contribution >= 4 is 17.4 Å². The molecule has 3 rings (SSSR count). The highest BCUT2D eigenvalue weighted by Gasteiger charge is 2.55. The third-order valence-electron chi connectivity index (χ3n) is 6.52. The number of alkyl halides is 1. The second kappa shape index (κ2) is 7.21. The number of hydrogen-bond acceptors (Lipinski definition) is 2. The van der Waals surface area contributed by atoms with Crippen molar-refractivity contribution in [2.75, 3.05) is 6.54 Å². The van der Waals surface area contributed by atoms with Gasteiger partial charge in [0.1, 0.15) is 5.78 Å². The van der Waals surface area contributed by atoms with Gasteiger partial charge in [-0.15, -0.1) is 11.6 Å². The van der Waals surface area contributed by atoms with Crippen molar-refractivity contribution in [2.45, 2.75) is 101 Å². The number of rotatable bonds is 5. The second-order valence-electron chi connectivity index (χ2n) is 7.86. The van der Waals surface area contributed by atoms with E-state index >= 15 is 0 Å². The highest BCUT2D eigenvalue weighted by molar-refractivity contribution is 6.20. The van der Waals surface area contributed by atoms with Gasteiger partial charge in [-0.05, 0) is 32.1 Å². The third kappa shape index (κ3) is 3.11. The van der Waals surface area contributed by atoms with Crippen LogP contribution in [0, 0.1) is 5.92 Å². The maximum absolute atomic E-state index is 12.8. The molecule has 2 saturated heterocycles. The zero-order chi connectivity index (χ0) is 15.6. The lowest BCUT2D eigenvalue weighted by atomic mass is 9.62. The minimum atomic E-state index is 0.189. The Balaban J connectivity index is 1.75. The summed E-state index contributed by atoms with van der Waals surface area (Å²) in [6, 6.07) is 0.472. The second-order valence-corrected chi connectivity index (χ2v) is 8.48. The molecule has 3 fully saturated rings. The Labute approximate surface area is 141 Å². The van der Waals surface area contributed by atoms with Crippen LogP contribution in [0.3, 0.4) is 0 Å². The summed E-state index contributed by atoms with van der Waals surface area (Å²) in [6.45, 7) is 3.28. The summed E-state index contributed by atoms with van der Waals surface area (Å²) in [4.78, 5) is 15.5. The molecule has 0 amide bonds. The van der Waals surface area contributed by atoms with Gasteiger partial charge in [0, 0.05) is 35.8 Å². The van der Waals surface area contributed by atoms with Crippen molar-refractivity contribution in [1.82, 2.24) is 4.90 Å². The summed E-state index contributed by atoms with van der Waals surface area (Å²) < 4.78 is 0. The van der Waals surface area contributed by atoms with Crippen molar-refractivity contribution in [3.8, 4) is 0 Å². The minimum Gasteiger partial charge on any atom is -0.299 e. The summed E-state index contributed by atoms with van der Waals surface area (Å²) in [7, 11) is 0. The van der Waals surface area contributed by atoms with Gasteiger partial charge >= 0.3 is 0 Å². The molecule has 126 valence electrons. The van der Waals surface area contributed by atoms with E-state index in [1.807, 2.05) is 0 Å². The molecule has 0 bridgehead atoms. The van der Waals surface area contributed by atoms with Crippen molar-refractivity contribution in [2.24, 2.45) is 5.92 Å². The minimum absolute atomic E-state index is 0.189. The van der Waals surface area contributed by atoms with Crippen molar-refractivity contribution in [3.05, 3.63) is 0 Å². The average molecular weight is 326 g/mol. The fraction of sp³-hybridized carbons (Fsp3) is 0.947. The largest absolute Gasteiger partial charge is 0.299 e. The lowest BCUT2D eigenvalue weighted by Crippen LogP contribution is -2.68. The Bertz CT molecular complexity index is 399. The van der Waals surface area contributed by atoms with E-state index in [1.54, 1.807) is 0 Å². The molecule has 0 aromatic carbocycles. The third-order valence-corrected chi connectivity index (χ3v) is 6.87. The van der Waals surface area contributed by atoms with Crippen LogP contribution >= 0.6 is 11.6 Å². The zero-order valence-corrected chi connectivity index (χ0v) is 14.9. The van der Waals surface area contributed by atoms with Crippen LogP contribution in [0.5, 0.6) is 0 Å². The Morgan fingerprint density at radius 1 is 1.18 bits per heavy atom. The Hall–Kier alpha value is -0.0800. The van der Waals surface area contributed by atoms with E-state index in [-0.39, 0.29) is 5.54 Å². The van der Waals surface area contributed by atoms with E-state index in [9.17, 15) is 4.79 Å². The first-order valence-electron chi connectivity index (χ1n) is 9.61. The number of ketones is 1. The van der Waals surface area contributed by atoms with Gasteiger partial charge in [-0.2, -0.15) is 0 Å². The van der Waals surface area contributed by atoms with E-state index in [0.29, 0.717) is 23.1 Å². The standard InChI is InChI=1S/C19H32ClNO/c1-2-3-4-5-8-16-13-18(22)17-9-6-7-11-19(17)12-10-15(20)14-21(16)19/h15-17H,2-14H2,1H3/t15-,16-,17+,19+/m1/s1. The Morgan fingerprint density at radius 2 is 2.05 bits per heavy atom. The summed E-state index contributed by atoms with van der Waals surface area (Å²) >= 11 is 6.52. The van der Waals surface area contributed by atoms with Crippen molar-refractivity contribution < 1.29 is 4.79 Å². The van der Waals surface area contributed by atoms with Crippen LogP contribution in [-0.2, 0) is 4.79 Å². The van der Waals surface area contributed by atoms with E-state index in [2.05, 4.69) is 11.8 Å². The van der Waals surface area contributed by atoms with Crippen LogP contribution in [-0.4, -0.2) is 34.2 Å². The highest BCUT2D eigenvalue weighted by Crippen LogP contribution is 2.50. The normalized spacial score (nSPS) is 39.4. The molecular weight excluding hydrogens is 294 g/mol. The van der Waals surface area contributed by atoms with Gasteiger partial charge in [0.15, 0.2) is 0 Å². The lowest BCUT2D eigenvalue weighted by Gasteiger charge is -2.60. The molecule has 0 N–H and O–H groups in total. The van der Waals surface area contributed by atoms with E-state index in [1.165, 1.54) is 51.4 Å². The average Bonchev–Trinajstić information content (AvgIpc) is 2.53. The predicted molar refractivity (Wildman–Crippen MR) is 92.4 cm³/mol. The molecule has 1 spiro atoms. The molecule has 2 nitrogen and oxygen atoms in total. The van der Waals surface area contributed by atoms with Crippen LogP contribution in [0.4, 0.5) is 0 Å². The molecule has 1 aliphatic carbocycles. The zero-order valence-electron chi connectivity index (χ0n) is 14.2. The first-order chi connectivity index (χ1) is 10.7. The topological polar surface area (TPSA) is 20.3 Å². The lowest BCUT2D eigenvalue weighted by molar-refractivity contribution is -0.149. The fourth-order valence-corrected chi connectivity index (χ4v) is 5.68. The molecular formula is C19H32ClNO. The van der Waals surface area contributed by atoms with Crippen LogP contribution in [0.15, 0.2) is 0 Å². The molecule has 0 aromatic rings. The van der Waals surface area contributed by atoms with Gasteiger partial charge in [0.2, 0.25) is 0 Å². The molecule has 2 aliphatic heterocycles. The maximum atomic E-state index is 12.8. The molecule has 0 unspecified atom stereocenters. The van der Waals surface area contributed by atoms with E-state index < -0.39 is 0 Å². The first-order valence-corrected chi connectivity index (χ1v) is 10.0. The first kappa shape index (κ1) is 16.8. The monoisotopic (exact) mass is 325 g/mol. The molecule has 3 heteroatoms. The summed E-state index contributed by atoms with van der Waals surface area (Å²) in [5.74, 6) is 0.891. The van der Waals surface area contributed by atoms with Gasteiger partial charge < -0.3 is 0 Å². The maximum Gasteiger partial charge on any atom is 0.139 e. The summed E-state index contributed by atoms with van der Waals surface area (Å²) in [6.07, 6.45) is 14.4. The number of carbonyl (C=O) groups excluding carboxylic acids is 1. The predicted octanol–water partition coefficient (Wildman–Crippen LogP) is 4.93. The highest BCUT2D eigenvalue weighted by atomic mass is 35.5. The molecule has 22 heavy (non-hydrogen) atoms.